The number of carbonyl (C=O) groups is 1. The second kappa shape index (κ2) is 8.53. The molecule has 4 rings (SSSR count). The predicted octanol–water partition coefficient (Wildman–Crippen LogP) is 5.16. The first kappa shape index (κ1) is 19.3. The van der Waals surface area contributed by atoms with Gasteiger partial charge in [-0.25, -0.2) is 4.79 Å². The molecule has 1 N–H and O–H groups in total. The van der Waals surface area contributed by atoms with E-state index >= 15 is 0 Å². The first-order valence-corrected chi connectivity index (χ1v) is 9.92. The number of hydrogen-bond acceptors (Lipinski definition) is 5. The predicted molar refractivity (Wildman–Crippen MR) is 110 cm³/mol. The van der Waals surface area contributed by atoms with E-state index in [1.54, 1.807) is 17.0 Å². The standard InChI is InChI=1S/C21H21ClN4O3/c1-2-28-17-11-9-16(10-12-17)23-21(27)26-13-3-4-18(26)20-24-19(25-29-20)14-5-7-15(22)8-6-14/h5-12,18H,2-4,13H2,1H3,(H,23,27). The summed E-state index contributed by atoms with van der Waals surface area (Å²) in [6.45, 7) is 3.16. The lowest BCUT2D eigenvalue weighted by Crippen LogP contribution is -2.34. The minimum Gasteiger partial charge on any atom is -0.494 e. The number of nitrogens with one attached hydrogen (secondary N) is 1. The molecule has 7 nitrogen and oxygen atoms in total. The molecule has 150 valence electrons. The molecule has 1 atom stereocenters. The molecule has 2 aromatic carbocycles. The fourth-order valence-corrected chi connectivity index (χ4v) is 3.48. The van der Waals surface area contributed by atoms with Crippen molar-refractivity contribution in [3.8, 4) is 17.1 Å². The van der Waals surface area contributed by atoms with E-state index in [2.05, 4.69) is 15.5 Å². The van der Waals surface area contributed by atoms with Crippen molar-refractivity contribution in [3.05, 3.63) is 59.4 Å². The summed E-state index contributed by atoms with van der Waals surface area (Å²) in [6.07, 6.45) is 1.65. The van der Waals surface area contributed by atoms with Gasteiger partial charge < -0.3 is 19.5 Å². The zero-order chi connectivity index (χ0) is 20.2. The molecule has 29 heavy (non-hydrogen) atoms. The van der Waals surface area contributed by atoms with E-state index in [-0.39, 0.29) is 12.1 Å². The van der Waals surface area contributed by atoms with E-state index in [9.17, 15) is 4.79 Å². The monoisotopic (exact) mass is 412 g/mol. The number of benzene rings is 2. The molecule has 1 aliphatic heterocycles. The molecule has 1 fully saturated rings. The highest BCUT2D eigenvalue weighted by Gasteiger charge is 2.34. The Morgan fingerprint density at radius 2 is 2.00 bits per heavy atom. The summed E-state index contributed by atoms with van der Waals surface area (Å²) in [5, 5.41) is 7.63. The lowest BCUT2D eigenvalue weighted by atomic mass is 10.2. The van der Waals surface area contributed by atoms with Crippen LogP contribution in [0.25, 0.3) is 11.4 Å². The van der Waals surface area contributed by atoms with Crippen molar-refractivity contribution in [3.63, 3.8) is 0 Å². The third-order valence-electron chi connectivity index (χ3n) is 4.76. The molecular weight excluding hydrogens is 392 g/mol. The second-order valence-electron chi connectivity index (χ2n) is 6.70. The van der Waals surface area contributed by atoms with Gasteiger partial charge in [0.2, 0.25) is 11.7 Å². The van der Waals surface area contributed by atoms with Crippen LogP contribution in [-0.2, 0) is 0 Å². The number of halogens is 1. The van der Waals surface area contributed by atoms with Gasteiger partial charge in [0, 0.05) is 22.8 Å². The van der Waals surface area contributed by atoms with E-state index in [0.717, 1.165) is 24.2 Å². The van der Waals surface area contributed by atoms with Crippen LogP contribution in [0.1, 0.15) is 31.7 Å². The maximum absolute atomic E-state index is 12.8. The number of urea groups is 1. The summed E-state index contributed by atoms with van der Waals surface area (Å²) in [5.41, 5.74) is 1.52. The Kier molecular flexibility index (Phi) is 5.67. The van der Waals surface area contributed by atoms with E-state index < -0.39 is 0 Å². The molecule has 0 saturated carbocycles. The second-order valence-corrected chi connectivity index (χ2v) is 7.14. The van der Waals surface area contributed by atoms with Crippen LogP contribution < -0.4 is 10.1 Å². The van der Waals surface area contributed by atoms with Gasteiger partial charge in [0.05, 0.1) is 6.61 Å². The van der Waals surface area contributed by atoms with Gasteiger partial charge in [-0.2, -0.15) is 4.98 Å². The largest absolute Gasteiger partial charge is 0.494 e. The molecule has 2 amide bonds. The van der Waals surface area contributed by atoms with Crippen LogP contribution in [0.3, 0.4) is 0 Å². The Balaban J connectivity index is 1.46. The SMILES string of the molecule is CCOc1ccc(NC(=O)N2CCCC2c2nc(-c3ccc(Cl)cc3)no2)cc1. The zero-order valence-corrected chi connectivity index (χ0v) is 16.7. The van der Waals surface area contributed by atoms with Crippen molar-refractivity contribution < 1.29 is 14.1 Å². The fourth-order valence-electron chi connectivity index (χ4n) is 3.35. The molecule has 0 bridgehead atoms. The number of hydrogen-bond donors (Lipinski definition) is 1. The maximum atomic E-state index is 12.8. The van der Waals surface area contributed by atoms with Crippen LogP contribution in [0, 0.1) is 0 Å². The van der Waals surface area contributed by atoms with Crippen LogP contribution in [0.15, 0.2) is 53.1 Å². The number of rotatable bonds is 5. The molecule has 1 aliphatic rings. The summed E-state index contributed by atoms with van der Waals surface area (Å²) in [6, 6.07) is 14.1. The van der Waals surface area contributed by atoms with Gasteiger partial charge in [0.25, 0.3) is 0 Å². The van der Waals surface area contributed by atoms with Crippen LogP contribution in [0.4, 0.5) is 10.5 Å². The third kappa shape index (κ3) is 4.35. The molecule has 0 aliphatic carbocycles. The van der Waals surface area contributed by atoms with Crippen molar-refractivity contribution in [2.45, 2.75) is 25.8 Å². The third-order valence-corrected chi connectivity index (χ3v) is 5.01. The van der Waals surface area contributed by atoms with Crippen molar-refractivity contribution >= 4 is 23.3 Å². The Morgan fingerprint density at radius 3 is 2.72 bits per heavy atom. The van der Waals surface area contributed by atoms with Crippen LogP contribution in [0.2, 0.25) is 5.02 Å². The first-order chi connectivity index (χ1) is 14.1. The fraction of sp³-hybridized carbons (Fsp3) is 0.286. The minimum absolute atomic E-state index is 0.192. The molecule has 1 aromatic heterocycles. The molecule has 1 unspecified atom stereocenters. The van der Waals surface area contributed by atoms with Gasteiger partial charge in [0.15, 0.2) is 0 Å². The lowest BCUT2D eigenvalue weighted by Gasteiger charge is -2.22. The molecule has 2 heterocycles. The molecule has 1 saturated heterocycles. The average molecular weight is 413 g/mol. The Labute approximate surface area is 173 Å². The van der Waals surface area contributed by atoms with Crippen LogP contribution in [0.5, 0.6) is 5.75 Å². The summed E-state index contributed by atoms with van der Waals surface area (Å²) in [7, 11) is 0. The summed E-state index contributed by atoms with van der Waals surface area (Å²) in [5.74, 6) is 1.69. The number of nitrogens with zero attached hydrogens (tertiary/aromatic N) is 3. The summed E-state index contributed by atoms with van der Waals surface area (Å²) < 4.78 is 10.9. The Morgan fingerprint density at radius 1 is 1.24 bits per heavy atom. The van der Waals surface area contributed by atoms with Gasteiger partial charge in [-0.05, 0) is 68.3 Å². The van der Waals surface area contributed by atoms with Gasteiger partial charge in [0.1, 0.15) is 11.8 Å². The van der Waals surface area contributed by atoms with Crippen molar-refractivity contribution in [2.24, 2.45) is 0 Å². The lowest BCUT2D eigenvalue weighted by molar-refractivity contribution is 0.193. The number of ether oxygens (including phenoxy) is 1. The highest BCUT2D eigenvalue weighted by molar-refractivity contribution is 6.30. The smallest absolute Gasteiger partial charge is 0.322 e. The Hall–Kier alpha value is -3.06. The van der Waals surface area contributed by atoms with Gasteiger partial charge in [-0.1, -0.05) is 16.8 Å². The van der Waals surface area contributed by atoms with Crippen molar-refractivity contribution in [2.75, 3.05) is 18.5 Å². The normalized spacial score (nSPS) is 16.1. The van der Waals surface area contributed by atoms with E-state index in [1.807, 2.05) is 43.3 Å². The highest BCUT2D eigenvalue weighted by Crippen LogP contribution is 2.32. The van der Waals surface area contributed by atoms with E-state index in [0.29, 0.717) is 35.6 Å². The molecule has 0 spiro atoms. The van der Waals surface area contributed by atoms with Crippen LogP contribution >= 0.6 is 11.6 Å². The number of carbonyl (C=O) groups excluding carboxylic acids is 1. The average Bonchev–Trinajstić information content (AvgIpc) is 3.40. The molecule has 0 radical (unpaired) electrons. The van der Waals surface area contributed by atoms with Crippen molar-refractivity contribution in [1.29, 1.82) is 0 Å². The number of likely N-dealkylation sites (tertiary alicyclic amines) is 1. The summed E-state index contributed by atoms with van der Waals surface area (Å²) in [4.78, 5) is 19.0. The minimum atomic E-state index is -0.244. The van der Waals surface area contributed by atoms with E-state index in [4.69, 9.17) is 20.9 Å². The highest BCUT2D eigenvalue weighted by atomic mass is 35.5. The van der Waals surface area contributed by atoms with E-state index in [1.165, 1.54) is 0 Å². The molecule has 3 aromatic rings. The quantitative estimate of drug-likeness (QED) is 0.626. The van der Waals surface area contributed by atoms with Gasteiger partial charge in [-0.15, -0.1) is 0 Å². The van der Waals surface area contributed by atoms with Crippen molar-refractivity contribution in [1.82, 2.24) is 15.0 Å². The number of amides is 2. The van der Waals surface area contributed by atoms with Crippen LogP contribution in [-0.4, -0.2) is 34.2 Å². The topological polar surface area (TPSA) is 80.5 Å². The van der Waals surface area contributed by atoms with Gasteiger partial charge >= 0.3 is 6.03 Å². The number of aromatic nitrogens is 2. The zero-order valence-electron chi connectivity index (χ0n) is 16.0. The maximum Gasteiger partial charge on any atom is 0.322 e. The van der Waals surface area contributed by atoms with Gasteiger partial charge in [-0.3, -0.25) is 0 Å². The summed E-state index contributed by atoms with van der Waals surface area (Å²) >= 11 is 5.93. The molecular formula is C21H21ClN4O3. The molecule has 8 heteroatoms. The Bertz CT molecular complexity index is 972. The first-order valence-electron chi connectivity index (χ1n) is 9.54. The number of anilines is 1.